The van der Waals surface area contributed by atoms with E-state index < -0.39 is 0 Å². The molecule has 104 valence electrons. The van der Waals surface area contributed by atoms with Crippen molar-refractivity contribution in [3.63, 3.8) is 0 Å². The van der Waals surface area contributed by atoms with E-state index in [1.807, 2.05) is 0 Å². The monoisotopic (exact) mass is 282 g/mol. The first-order valence-electron chi connectivity index (χ1n) is 6.56. The van der Waals surface area contributed by atoms with Crippen molar-refractivity contribution in [2.45, 2.75) is 31.8 Å². The predicted octanol–water partition coefficient (Wildman–Crippen LogP) is 1.64. The third-order valence-corrected chi connectivity index (χ3v) is 3.62. The van der Waals surface area contributed by atoms with E-state index in [9.17, 15) is 4.79 Å². The molecule has 19 heavy (non-hydrogen) atoms. The first kappa shape index (κ1) is 14.1. The molecule has 0 radical (unpaired) electrons. The highest BCUT2D eigenvalue weighted by atomic mass is 35.5. The minimum atomic E-state index is -0.287. The highest BCUT2D eigenvalue weighted by molar-refractivity contribution is 6.32. The maximum Gasteiger partial charge on any atom is 0.287 e. The SMILES string of the molecule is C=CCn1ncc(NCCC2CCCN2)c(Cl)c1=O. The molecular weight excluding hydrogens is 264 g/mol. The van der Waals surface area contributed by atoms with E-state index in [2.05, 4.69) is 22.3 Å². The molecule has 5 nitrogen and oxygen atoms in total. The Bertz CT molecular complexity index is 494. The van der Waals surface area contributed by atoms with Crippen LogP contribution in [0.5, 0.6) is 0 Å². The molecule has 2 N–H and O–H groups in total. The molecule has 2 rings (SSSR count). The van der Waals surface area contributed by atoms with Crippen molar-refractivity contribution >= 4 is 17.3 Å². The van der Waals surface area contributed by atoms with E-state index in [0.29, 0.717) is 18.3 Å². The van der Waals surface area contributed by atoms with Crippen LogP contribution in [-0.4, -0.2) is 28.9 Å². The van der Waals surface area contributed by atoms with E-state index >= 15 is 0 Å². The molecule has 1 aliphatic rings. The van der Waals surface area contributed by atoms with Gasteiger partial charge in [-0.25, -0.2) is 4.68 Å². The molecule has 0 saturated carbocycles. The van der Waals surface area contributed by atoms with Gasteiger partial charge < -0.3 is 10.6 Å². The van der Waals surface area contributed by atoms with Gasteiger partial charge in [0.05, 0.1) is 18.4 Å². The second kappa shape index (κ2) is 6.73. The van der Waals surface area contributed by atoms with Crippen molar-refractivity contribution in [2.24, 2.45) is 0 Å². The van der Waals surface area contributed by atoms with Crippen LogP contribution in [0.3, 0.4) is 0 Å². The molecule has 1 fully saturated rings. The zero-order valence-corrected chi connectivity index (χ0v) is 11.6. The maximum atomic E-state index is 11.9. The maximum absolute atomic E-state index is 11.9. The van der Waals surface area contributed by atoms with Crippen LogP contribution in [0, 0.1) is 0 Å². The van der Waals surface area contributed by atoms with Gasteiger partial charge in [-0.2, -0.15) is 5.10 Å². The molecule has 6 heteroatoms. The lowest BCUT2D eigenvalue weighted by atomic mass is 10.1. The number of hydrogen-bond acceptors (Lipinski definition) is 4. The Hall–Kier alpha value is -1.33. The Morgan fingerprint density at radius 1 is 1.68 bits per heavy atom. The summed E-state index contributed by atoms with van der Waals surface area (Å²) in [5.74, 6) is 0. The van der Waals surface area contributed by atoms with Crippen LogP contribution in [0.4, 0.5) is 5.69 Å². The summed E-state index contributed by atoms with van der Waals surface area (Å²) in [6.45, 7) is 5.83. The van der Waals surface area contributed by atoms with Crippen molar-refractivity contribution in [1.82, 2.24) is 15.1 Å². The fourth-order valence-electron chi connectivity index (χ4n) is 2.22. The van der Waals surface area contributed by atoms with Crippen molar-refractivity contribution in [3.05, 3.63) is 34.2 Å². The third-order valence-electron chi connectivity index (χ3n) is 3.26. The summed E-state index contributed by atoms with van der Waals surface area (Å²) in [4.78, 5) is 11.9. The number of nitrogens with one attached hydrogen (secondary N) is 2. The van der Waals surface area contributed by atoms with Gasteiger partial charge in [-0.1, -0.05) is 17.7 Å². The molecule has 2 heterocycles. The Morgan fingerprint density at radius 2 is 2.53 bits per heavy atom. The summed E-state index contributed by atoms with van der Waals surface area (Å²) < 4.78 is 1.29. The van der Waals surface area contributed by atoms with E-state index in [0.717, 1.165) is 19.5 Å². The topological polar surface area (TPSA) is 59.0 Å². The van der Waals surface area contributed by atoms with Gasteiger partial charge in [-0.15, -0.1) is 6.58 Å². The van der Waals surface area contributed by atoms with Gasteiger partial charge in [0.2, 0.25) is 0 Å². The van der Waals surface area contributed by atoms with E-state index in [4.69, 9.17) is 11.6 Å². The van der Waals surface area contributed by atoms with E-state index in [1.54, 1.807) is 12.3 Å². The number of anilines is 1. The molecule has 1 unspecified atom stereocenters. The van der Waals surface area contributed by atoms with Crippen molar-refractivity contribution in [3.8, 4) is 0 Å². The molecule has 1 aliphatic heterocycles. The lowest BCUT2D eigenvalue weighted by Gasteiger charge is -2.12. The number of nitrogens with zero attached hydrogens (tertiary/aromatic N) is 2. The molecule has 1 aromatic rings. The Kier molecular flexibility index (Phi) is 4.99. The number of rotatable bonds is 6. The van der Waals surface area contributed by atoms with Crippen LogP contribution in [-0.2, 0) is 6.54 Å². The highest BCUT2D eigenvalue weighted by Gasteiger charge is 2.14. The first-order valence-corrected chi connectivity index (χ1v) is 6.94. The summed E-state index contributed by atoms with van der Waals surface area (Å²) in [5.41, 5.74) is 0.315. The van der Waals surface area contributed by atoms with Crippen LogP contribution in [0.15, 0.2) is 23.6 Å². The Morgan fingerprint density at radius 3 is 3.21 bits per heavy atom. The van der Waals surface area contributed by atoms with E-state index in [1.165, 1.54) is 17.5 Å². The van der Waals surface area contributed by atoms with Gasteiger partial charge in [0, 0.05) is 12.6 Å². The Labute approximate surface area is 117 Å². The average molecular weight is 283 g/mol. The second-order valence-electron chi connectivity index (χ2n) is 4.66. The second-order valence-corrected chi connectivity index (χ2v) is 5.03. The highest BCUT2D eigenvalue weighted by Crippen LogP contribution is 2.16. The first-order chi connectivity index (χ1) is 9.22. The zero-order chi connectivity index (χ0) is 13.7. The fourth-order valence-corrected chi connectivity index (χ4v) is 2.44. The van der Waals surface area contributed by atoms with Crippen LogP contribution in [0.25, 0.3) is 0 Å². The molecule has 0 spiro atoms. The van der Waals surface area contributed by atoms with Crippen molar-refractivity contribution in [2.75, 3.05) is 18.4 Å². The molecule has 0 amide bonds. The van der Waals surface area contributed by atoms with Gasteiger partial charge in [-0.3, -0.25) is 4.79 Å². The lowest BCUT2D eigenvalue weighted by molar-refractivity contribution is 0.574. The van der Waals surface area contributed by atoms with Crippen LogP contribution >= 0.6 is 11.6 Å². The molecule has 1 saturated heterocycles. The molecule has 0 aromatic carbocycles. The molecule has 0 bridgehead atoms. The van der Waals surface area contributed by atoms with Gasteiger partial charge in [0.25, 0.3) is 5.56 Å². The van der Waals surface area contributed by atoms with Gasteiger partial charge in [0.15, 0.2) is 0 Å². The van der Waals surface area contributed by atoms with E-state index in [-0.39, 0.29) is 10.6 Å². The standard InChI is InChI=1S/C13H19ClN4O/c1-2-8-18-13(19)12(14)11(9-17-18)16-7-5-10-4-3-6-15-10/h2,9-10,15-16H,1,3-8H2. The fraction of sp³-hybridized carbons (Fsp3) is 0.538. The lowest BCUT2D eigenvalue weighted by Crippen LogP contribution is -2.26. The summed E-state index contributed by atoms with van der Waals surface area (Å²) in [5, 5.41) is 10.8. The van der Waals surface area contributed by atoms with Crippen molar-refractivity contribution < 1.29 is 0 Å². The molecular formula is C13H19ClN4O. The number of aromatic nitrogens is 2. The summed E-state index contributed by atoms with van der Waals surface area (Å²) in [6.07, 6.45) is 6.68. The summed E-state index contributed by atoms with van der Waals surface area (Å²) in [7, 11) is 0. The quantitative estimate of drug-likeness (QED) is 0.779. The normalized spacial score (nSPS) is 18.5. The third kappa shape index (κ3) is 3.58. The number of hydrogen-bond donors (Lipinski definition) is 2. The minimum Gasteiger partial charge on any atom is -0.382 e. The van der Waals surface area contributed by atoms with Crippen LogP contribution in [0.1, 0.15) is 19.3 Å². The van der Waals surface area contributed by atoms with Gasteiger partial charge in [-0.05, 0) is 25.8 Å². The molecule has 1 atom stereocenters. The van der Waals surface area contributed by atoms with Gasteiger partial charge >= 0.3 is 0 Å². The number of allylic oxidation sites excluding steroid dienone is 1. The zero-order valence-electron chi connectivity index (χ0n) is 10.9. The largest absolute Gasteiger partial charge is 0.382 e. The smallest absolute Gasteiger partial charge is 0.287 e. The molecule has 0 aliphatic carbocycles. The average Bonchev–Trinajstić information content (AvgIpc) is 2.91. The van der Waals surface area contributed by atoms with Crippen LogP contribution < -0.4 is 16.2 Å². The molecule has 1 aromatic heterocycles. The Balaban J connectivity index is 1.94. The van der Waals surface area contributed by atoms with Crippen LogP contribution in [0.2, 0.25) is 5.02 Å². The van der Waals surface area contributed by atoms with Gasteiger partial charge in [0.1, 0.15) is 5.02 Å². The number of halogens is 1. The summed E-state index contributed by atoms with van der Waals surface area (Å²) >= 11 is 6.04. The van der Waals surface area contributed by atoms with Crippen molar-refractivity contribution in [1.29, 1.82) is 0 Å². The predicted molar refractivity (Wildman–Crippen MR) is 77.8 cm³/mol. The minimum absolute atomic E-state index is 0.191. The summed E-state index contributed by atoms with van der Waals surface area (Å²) in [6, 6.07) is 0.570.